The summed E-state index contributed by atoms with van der Waals surface area (Å²) in [5, 5.41) is 0. The zero-order chi connectivity index (χ0) is 8.65. The van der Waals surface area contributed by atoms with E-state index in [2.05, 4.69) is 46.8 Å². The molecule has 1 aliphatic carbocycles. The minimum Gasteiger partial charge on any atom is -0.0747 e. The Morgan fingerprint density at radius 1 is 1.18 bits per heavy atom. The first-order valence-electron chi connectivity index (χ1n) is 4.32. The molecule has 0 aliphatic heterocycles. The molecule has 0 aromatic carbocycles. The van der Waals surface area contributed by atoms with Crippen molar-refractivity contribution in [2.75, 3.05) is 0 Å². The predicted octanol–water partition coefficient (Wildman–Crippen LogP) is 3.55. The van der Waals surface area contributed by atoms with E-state index in [4.69, 9.17) is 0 Å². The van der Waals surface area contributed by atoms with Gasteiger partial charge in [-0.15, -0.1) is 0 Å². The number of allylic oxidation sites excluding steroid dienone is 4. The van der Waals surface area contributed by atoms with Crippen molar-refractivity contribution >= 4 is 0 Å². The van der Waals surface area contributed by atoms with Crippen LogP contribution in [0.3, 0.4) is 0 Å². The molecule has 0 saturated heterocycles. The summed E-state index contributed by atoms with van der Waals surface area (Å²) < 4.78 is 0. The van der Waals surface area contributed by atoms with Crippen molar-refractivity contribution in [3.8, 4) is 0 Å². The third-order valence-electron chi connectivity index (χ3n) is 2.18. The first kappa shape index (κ1) is 8.58. The number of rotatable bonds is 0. The van der Waals surface area contributed by atoms with Crippen LogP contribution in [-0.4, -0.2) is 0 Å². The fourth-order valence-corrected chi connectivity index (χ4v) is 1.77. The van der Waals surface area contributed by atoms with Crippen molar-refractivity contribution in [1.29, 1.82) is 0 Å². The van der Waals surface area contributed by atoms with Crippen LogP contribution >= 0.6 is 0 Å². The van der Waals surface area contributed by atoms with Crippen LogP contribution in [0.4, 0.5) is 0 Å². The highest BCUT2D eigenvalue weighted by Gasteiger charge is 2.22. The first-order valence-corrected chi connectivity index (χ1v) is 4.32. The maximum atomic E-state index is 2.37. The summed E-state index contributed by atoms with van der Waals surface area (Å²) in [5.41, 5.74) is 3.31. The van der Waals surface area contributed by atoms with Crippen molar-refractivity contribution in [2.24, 2.45) is 11.3 Å². The molecule has 0 aromatic heterocycles. The summed E-state index contributed by atoms with van der Waals surface area (Å²) in [4.78, 5) is 0. The molecule has 0 amide bonds. The zero-order valence-corrected chi connectivity index (χ0v) is 8.23. The van der Waals surface area contributed by atoms with Crippen molar-refractivity contribution < 1.29 is 0 Å². The summed E-state index contributed by atoms with van der Waals surface area (Å²) in [6.45, 7) is 11.3. The van der Waals surface area contributed by atoms with Gasteiger partial charge in [-0.25, -0.2) is 0 Å². The van der Waals surface area contributed by atoms with Crippen LogP contribution < -0.4 is 0 Å². The largest absolute Gasteiger partial charge is 0.0747 e. The van der Waals surface area contributed by atoms with Gasteiger partial charge < -0.3 is 0 Å². The molecule has 62 valence electrons. The first-order chi connectivity index (χ1) is 4.91. The Balaban J connectivity index is 2.92. The molecule has 1 rings (SSSR count). The monoisotopic (exact) mass is 150 g/mol. The van der Waals surface area contributed by atoms with E-state index in [1.807, 2.05) is 0 Å². The Morgan fingerprint density at radius 2 is 1.73 bits per heavy atom. The van der Waals surface area contributed by atoms with Gasteiger partial charge in [0.2, 0.25) is 0 Å². The molecule has 1 unspecified atom stereocenters. The van der Waals surface area contributed by atoms with Gasteiger partial charge in [-0.2, -0.15) is 0 Å². The van der Waals surface area contributed by atoms with Gasteiger partial charge in [0.05, 0.1) is 0 Å². The number of hydrogen-bond acceptors (Lipinski definition) is 0. The Morgan fingerprint density at radius 3 is 1.91 bits per heavy atom. The van der Waals surface area contributed by atoms with Crippen LogP contribution in [0.25, 0.3) is 0 Å². The van der Waals surface area contributed by atoms with Crippen molar-refractivity contribution in [3.05, 3.63) is 23.3 Å². The van der Waals surface area contributed by atoms with Crippen molar-refractivity contribution in [1.82, 2.24) is 0 Å². The van der Waals surface area contributed by atoms with E-state index in [9.17, 15) is 0 Å². The van der Waals surface area contributed by atoms with E-state index in [-0.39, 0.29) is 0 Å². The zero-order valence-electron chi connectivity index (χ0n) is 8.23. The Labute approximate surface area is 70.0 Å². The highest BCUT2D eigenvalue weighted by molar-refractivity contribution is 5.40. The lowest BCUT2D eigenvalue weighted by Gasteiger charge is -2.21. The van der Waals surface area contributed by atoms with Crippen LogP contribution in [0.15, 0.2) is 23.3 Å². The molecule has 0 spiro atoms. The van der Waals surface area contributed by atoms with Crippen LogP contribution in [0.5, 0.6) is 0 Å². The van der Waals surface area contributed by atoms with Crippen molar-refractivity contribution in [3.63, 3.8) is 0 Å². The third kappa shape index (κ3) is 1.74. The lowest BCUT2D eigenvalue weighted by atomic mass is 9.84. The molecule has 0 heterocycles. The Kier molecular flexibility index (Phi) is 1.96. The second-order valence-electron chi connectivity index (χ2n) is 4.54. The predicted molar refractivity (Wildman–Crippen MR) is 50.5 cm³/mol. The van der Waals surface area contributed by atoms with Crippen LogP contribution in [-0.2, 0) is 0 Å². The minimum absolute atomic E-state index is 0.325. The van der Waals surface area contributed by atoms with Gasteiger partial charge in [0.15, 0.2) is 0 Å². The maximum absolute atomic E-state index is 2.37. The fraction of sp³-hybridized carbons (Fsp3) is 0.636. The van der Waals surface area contributed by atoms with Gasteiger partial charge in [-0.3, -0.25) is 0 Å². The summed E-state index contributed by atoms with van der Waals surface area (Å²) >= 11 is 0. The van der Waals surface area contributed by atoms with Crippen LogP contribution in [0.1, 0.15) is 34.6 Å². The molecule has 1 aliphatic rings. The molecule has 11 heavy (non-hydrogen) atoms. The summed E-state index contributed by atoms with van der Waals surface area (Å²) in [5.74, 6) is 0.643. The summed E-state index contributed by atoms with van der Waals surface area (Å²) in [6, 6.07) is 0. The smallest absolute Gasteiger partial charge is 0.00699 e. The van der Waals surface area contributed by atoms with Gasteiger partial charge in [0.1, 0.15) is 0 Å². The highest BCUT2D eigenvalue weighted by Crippen LogP contribution is 2.36. The molecule has 0 nitrogen and oxygen atoms in total. The SMILES string of the molecule is CC1=CC(C)C=C1C(C)(C)C. The molecule has 0 bridgehead atoms. The second kappa shape index (κ2) is 2.51. The molecule has 0 heteroatoms. The molecule has 0 aromatic rings. The van der Waals surface area contributed by atoms with E-state index in [1.165, 1.54) is 11.1 Å². The van der Waals surface area contributed by atoms with E-state index in [0.29, 0.717) is 11.3 Å². The lowest BCUT2D eigenvalue weighted by Crippen LogP contribution is -2.08. The van der Waals surface area contributed by atoms with Crippen LogP contribution in [0, 0.1) is 11.3 Å². The molecule has 0 N–H and O–H groups in total. The summed E-state index contributed by atoms with van der Waals surface area (Å²) in [7, 11) is 0. The van der Waals surface area contributed by atoms with E-state index < -0.39 is 0 Å². The molecule has 0 saturated carbocycles. The Bertz CT molecular complexity index is 211. The Hall–Kier alpha value is -0.520. The van der Waals surface area contributed by atoms with Gasteiger partial charge in [0.25, 0.3) is 0 Å². The van der Waals surface area contributed by atoms with E-state index in [1.54, 1.807) is 0 Å². The minimum atomic E-state index is 0.325. The third-order valence-corrected chi connectivity index (χ3v) is 2.18. The summed E-state index contributed by atoms with van der Waals surface area (Å²) in [6.07, 6.45) is 4.70. The van der Waals surface area contributed by atoms with Crippen molar-refractivity contribution in [2.45, 2.75) is 34.6 Å². The standard InChI is InChI=1S/C11H18/c1-8-6-9(2)10(7-8)11(3,4)5/h6-8H,1-5H3. The quantitative estimate of drug-likeness (QED) is 0.495. The highest BCUT2D eigenvalue weighted by atomic mass is 14.3. The van der Waals surface area contributed by atoms with Gasteiger partial charge in [0, 0.05) is 0 Å². The molecule has 0 radical (unpaired) electrons. The van der Waals surface area contributed by atoms with Gasteiger partial charge >= 0.3 is 0 Å². The normalized spacial score (nSPS) is 25.0. The molecule has 0 fully saturated rings. The molecule has 1 atom stereocenters. The van der Waals surface area contributed by atoms with Gasteiger partial charge in [-0.1, -0.05) is 45.4 Å². The van der Waals surface area contributed by atoms with Gasteiger partial charge in [-0.05, 0) is 23.8 Å². The maximum Gasteiger partial charge on any atom is -0.00699 e. The molecular formula is C11H18. The molecular weight excluding hydrogens is 132 g/mol. The number of hydrogen-bond donors (Lipinski definition) is 0. The fourth-order valence-electron chi connectivity index (χ4n) is 1.77. The second-order valence-corrected chi connectivity index (χ2v) is 4.54. The average Bonchev–Trinajstić information content (AvgIpc) is 2.08. The van der Waals surface area contributed by atoms with Crippen LogP contribution in [0.2, 0.25) is 0 Å². The topological polar surface area (TPSA) is 0 Å². The lowest BCUT2D eigenvalue weighted by molar-refractivity contribution is 0.510. The average molecular weight is 150 g/mol. The van der Waals surface area contributed by atoms with E-state index in [0.717, 1.165) is 0 Å². The van der Waals surface area contributed by atoms with E-state index >= 15 is 0 Å².